The van der Waals surface area contributed by atoms with E-state index in [9.17, 15) is 8.42 Å². The summed E-state index contributed by atoms with van der Waals surface area (Å²) >= 11 is 9.14. The van der Waals surface area contributed by atoms with Gasteiger partial charge in [-0.05, 0) is 59.3 Å². The smallest absolute Gasteiger partial charge is 0.240 e. The normalized spacial score (nSPS) is 26.9. The van der Waals surface area contributed by atoms with Crippen molar-refractivity contribution in [3.05, 3.63) is 27.7 Å². The molecule has 1 aromatic rings. The summed E-state index contributed by atoms with van der Waals surface area (Å²) in [7, 11) is -3.54. The monoisotopic (exact) mass is 379 g/mol. The van der Waals surface area contributed by atoms with Crippen LogP contribution in [0.2, 0.25) is 5.02 Å². The molecule has 0 radical (unpaired) electrons. The van der Waals surface area contributed by atoms with Gasteiger partial charge in [-0.15, -0.1) is 0 Å². The molecule has 1 aliphatic carbocycles. The number of sulfonamides is 1. The fourth-order valence-electron chi connectivity index (χ4n) is 2.54. The number of halogens is 2. The summed E-state index contributed by atoms with van der Waals surface area (Å²) in [5.41, 5.74) is 0. The molecule has 2 atom stereocenters. The van der Waals surface area contributed by atoms with Gasteiger partial charge in [-0.25, -0.2) is 13.1 Å². The van der Waals surface area contributed by atoms with E-state index in [4.69, 9.17) is 16.3 Å². The Bertz CT molecular complexity index is 618. The van der Waals surface area contributed by atoms with Crippen molar-refractivity contribution < 1.29 is 13.2 Å². The summed E-state index contributed by atoms with van der Waals surface area (Å²) in [6.07, 6.45) is 3.03. The fraction of sp³-hybridized carbons (Fsp3) is 0.538. The van der Waals surface area contributed by atoms with Gasteiger partial charge in [0.1, 0.15) is 0 Å². The van der Waals surface area contributed by atoms with Crippen LogP contribution in [-0.2, 0) is 14.8 Å². The van der Waals surface area contributed by atoms with E-state index >= 15 is 0 Å². The maximum atomic E-state index is 12.4. The Morgan fingerprint density at radius 2 is 2.05 bits per heavy atom. The molecule has 0 aromatic heterocycles. The highest BCUT2D eigenvalue weighted by molar-refractivity contribution is 9.10. The summed E-state index contributed by atoms with van der Waals surface area (Å²) < 4.78 is 33.8. The molecule has 4 nitrogen and oxygen atoms in total. The zero-order valence-corrected chi connectivity index (χ0v) is 13.8. The van der Waals surface area contributed by atoms with Crippen molar-refractivity contribution in [1.82, 2.24) is 4.72 Å². The van der Waals surface area contributed by atoms with Gasteiger partial charge in [0.05, 0.1) is 22.1 Å². The lowest BCUT2D eigenvalue weighted by Gasteiger charge is -2.19. The quantitative estimate of drug-likeness (QED) is 0.874. The van der Waals surface area contributed by atoms with Gasteiger partial charge in [0.2, 0.25) is 10.0 Å². The van der Waals surface area contributed by atoms with Crippen LogP contribution in [-0.4, -0.2) is 27.2 Å². The van der Waals surface area contributed by atoms with E-state index in [2.05, 4.69) is 20.7 Å². The summed E-state index contributed by atoms with van der Waals surface area (Å²) in [5, 5.41) is 0.490. The minimum absolute atomic E-state index is 0.0283. The Morgan fingerprint density at radius 3 is 2.70 bits per heavy atom. The second-order valence-corrected chi connectivity index (χ2v) is 8.24. The highest BCUT2D eigenvalue weighted by Gasteiger charge is 2.42. The minimum atomic E-state index is -3.54. The minimum Gasteiger partial charge on any atom is -0.376 e. The number of hydrogen-bond acceptors (Lipinski definition) is 3. The number of nitrogens with one attached hydrogen (secondary N) is 1. The third kappa shape index (κ3) is 3.04. The fourth-order valence-corrected chi connectivity index (χ4v) is 4.49. The van der Waals surface area contributed by atoms with Crippen molar-refractivity contribution in [2.75, 3.05) is 6.61 Å². The molecular formula is C13H15BrClNO3S. The molecule has 1 N–H and O–H groups in total. The molecule has 1 saturated carbocycles. The van der Waals surface area contributed by atoms with Gasteiger partial charge in [0, 0.05) is 11.1 Å². The van der Waals surface area contributed by atoms with Gasteiger partial charge < -0.3 is 4.74 Å². The molecule has 3 rings (SSSR count). The van der Waals surface area contributed by atoms with Crippen LogP contribution >= 0.6 is 27.5 Å². The van der Waals surface area contributed by atoms with Crippen LogP contribution in [0, 0.1) is 5.92 Å². The third-order valence-corrected chi connectivity index (χ3v) is 6.43. The number of ether oxygens (including phenoxy) is 1. The molecule has 7 heteroatoms. The summed E-state index contributed by atoms with van der Waals surface area (Å²) in [5.74, 6) is 0.516. The predicted octanol–water partition coefficient (Wildman–Crippen LogP) is 2.95. The van der Waals surface area contributed by atoms with Gasteiger partial charge in [-0.3, -0.25) is 0 Å². The molecule has 2 fully saturated rings. The van der Waals surface area contributed by atoms with E-state index in [1.165, 1.54) is 12.1 Å². The molecular weight excluding hydrogens is 366 g/mol. The van der Waals surface area contributed by atoms with Crippen LogP contribution in [0.5, 0.6) is 0 Å². The van der Waals surface area contributed by atoms with Gasteiger partial charge >= 0.3 is 0 Å². The zero-order valence-electron chi connectivity index (χ0n) is 10.7. The van der Waals surface area contributed by atoms with Crippen molar-refractivity contribution >= 4 is 37.6 Å². The first-order chi connectivity index (χ1) is 9.47. The molecule has 1 saturated heterocycles. The van der Waals surface area contributed by atoms with Crippen molar-refractivity contribution in [1.29, 1.82) is 0 Å². The van der Waals surface area contributed by atoms with Crippen LogP contribution < -0.4 is 4.72 Å². The summed E-state index contributed by atoms with van der Waals surface area (Å²) in [6.45, 7) is 0.624. The molecule has 1 aliphatic heterocycles. The lowest BCUT2D eigenvalue weighted by atomic mass is 10.1. The SMILES string of the molecule is O=S(=O)(NC1CCOC1C1CC1)c1ccc(Cl)c(Br)c1. The van der Waals surface area contributed by atoms with Gasteiger partial charge in [0.15, 0.2) is 0 Å². The summed E-state index contributed by atoms with van der Waals surface area (Å²) in [4.78, 5) is 0.218. The first-order valence-corrected chi connectivity index (χ1v) is 9.22. The Labute approximate surface area is 132 Å². The number of benzene rings is 1. The maximum Gasteiger partial charge on any atom is 0.240 e. The molecule has 1 aromatic carbocycles. The van der Waals surface area contributed by atoms with Crippen LogP contribution in [0.15, 0.2) is 27.6 Å². The summed E-state index contributed by atoms with van der Waals surface area (Å²) in [6, 6.07) is 4.48. The van der Waals surface area contributed by atoms with Crippen molar-refractivity contribution in [3.63, 3.8) is 0 Å². The first-order valence-electron chi connectivity index (χ1n) is 6.56. The van der Waals surface area contributed by atoms with E-state index < -0.39 is 10.0 Å². The standard InChI is InChI=1S/C13H15BrClNO3S/c14-10-7-9(3-4-11(10)15)20(17,18)16-12-5-6-19-13(12)8-1-2-8/h3-4,7-8,12-13,16H,1-2,5-6H2. The van der Waals surface area contributed by atoms with E-state index in [0.717, 1.165) is 19.3 Å². The van der Waals surface area contributed by atoms with E-state index in [1.54, 1.807) is 6.07 Å². The van der Waals surface area contributed by atoms with Crippen LogP contribution in [0.4, 0.5) is 0 Å². The van der Waals surface area contributed by atoms with Gasteiger partial charge in [-0.1, -0.05) is 11.6 Å². The molecule has 1 heterocycles. The van der Waals surface area contributed by atoms with Crippen LogP contribution in [0.25, 0.3) is 0 Å². The average Bonchev–Trinajstić information content (AvgIpc) is 3.14. The average molecular weight is 381 g/mol. The van der Waals surface area contributed by atoms with Gasteiger partial charge in [0.25, 0.3) is 0 Å². The van der Waals surface area contributed by atoms with Crippen molar-refractivity contribution in [3.8, 4) is 0 Å². The second-order valence-electron chi connectivity index (χ2n) is 5.27. The predicted molar refractivity (Wildman–Crippen MR) is 80.3 cm³/mol. The lowest BCUT2D eigenvalue weighted by molar-refractivity contribution is 0.0848. The van der Waals surface area contributed by atoms with Crippen LogP contribution in [0.1, 0.15) is 19.3 Å². The van der Waals surface area contributed by atoms with Crippen molar-refractivity contribution in [2.45, 2.75) is 36.3 Å². The number of hydrogen-bond donors (Lipinski definition) is 1. The van der Waals surface area contributed by atoms with E-state index in [1.807, 2.05) is 0 Å². The lowest BCUT2D eigenvalue weighted by Crippen LogP contribution is -2.41. The Kier molecular flexibility index (Phi) is 4.12. The Hall–Kier alpha value is -0.140. The zero-order chi connectivity index (χ0) is 14.3. The second kappa shape index (κ2) is 5.57. The maximum absolute atomic E-state index is 12.4. The topological polar surface area (TPSA) is 55.4 Å². The number of rotatable bonds is 4. The molecule has 2 aliphatic rings. The van der Waals surface area contributed by atoms with Crippen molar-refractivity contribution in [2.24, 2.45) is 5.92 Å². The van der Waals surface area contributed by atoms with E-state index in [0.29, 0.717) is 22.0 Å². The first kappa shape index (κ1) is 14.8. The largest absolute Gasteiger partial charge is 0.376 e. The molecule has 2 unspecified atom stereocenters. The molecule has 20 heavy (non-hydrogen) atoms. The third-order valence-electron chi connectivity index (χ3n) is 3.73. The molecule has 110 valence electrons. The molecule has 0 amide bonds. The molecule has 0 bridgehead atoms. The Balaban J connectivity index is 1.79. The molecule has 0 spiro atoms. The highest BCUT2D eigenvalue weighted by Crippen LogP contribution is 2.39. The highest BCUT2D eigenvalue weighted by atomic mass is 79.9. The van der Waals surface area contributed by atoms with E-state index in [-0.39, 0.29) is 17.0 Å². The van der Waals surface area contributed by atoms with Gasteiger partial charge in [-0.2, -0.15) is 0 Å². The Morgan fingerprint density at radius 1 is 1.30 bits per heavy atom. The van der Waals surface area contributed by atoms with Crippen LogP contribution in [0.3, 0.4) is 0 Å².